The van der Waals surface area contributed by atoms with E-state index in [1.807, 2.05) is 30.3 Å². The van der Waals surface area contributed by atoms with Crippen LogP contribution in [0.5, 0.6) is 0 Å². The molecule has 21 heavy (non-hydrogen) atoms. The minimum Gasteiger partial charge on any atom is -0.338 e. The number of nitrogens with zero attached hydrogens (tertiary/aromatic N) is 1. The fourth-order valence-electron chi connectivity index (χ4n) is 1.89. The standard InChI is InChI=1S/C15H10Cl3N3/c16-10-3-1-9(2-4-10)14-8-15(21-20-14)19-13-6-5-11(17)7-12(13)18/h1-8H,(H2,19,20,21). The van der Waals surface area contributed by atoms with E-state index in [4.69, 9.17) is 34.8 Å². The van der Waals surface area contributed by atoms with Gasteiger partial charge in [-0.15, -0.1) is 0 Å². The number of aromatic nitrogens is 2. The van der Waals surface area contributed by atoms with Crippen LogP contribution in [-0.2, 0) is 0 Å². The molecular weight excluding hydrogens is 329 g/mol. The second-order valence-corrected chi connectivity index (χ2v) is 5.70. The summed E-state index contributed by atoms with van der Waals surface area (Å²) >= 11 is 17.9. The van der Waals surface area contributed by atoms with Gasteiger partial charge in [0.1, 0.15) is 0 Å². The number of rotatable bonds is 3. The summed E-state index contributed by atoms with van der Waals surface area (Å²) in [5.74, 6) is 0.671. The van der Waals surface area contributed by atoms with Crippen LogP contribution < -0.4 is 5.32 Å². The van der Waals surface area contributed by atoms with Gasteiger partial charge in [0.25, 0.3) is 0 Å². The quantitative estimate of drug-likeness (QED) is 0.635. The third-order valence-corrected chi connectivity index (χ3v) is 3.73. The highest BCUT2D eigenvalue weighted by Crippen LogP contribution is 2.29. The van der Waals surface area contributed by atoms with E-state index in [1.165, 1.54) is 0 Å². The molecule has 0 atom stereocenters. The van der Waals surface area contributed by atoms with Crippen molar-refractivity contribution in [3.05, 3.63) is 63.6 Å². The predicted molar refractivity (Wildman–Crippen MR) is 88.8 cm³/mol. The molecule has 0 aliphatic rings. The van der Waals surface area contributed by atoms with Crippen molar-refractivity contribution < 1.29 is 0 Å². The molecule has 0 aliphatic carbocycles. The molecule has 3 rings (SSSR count). The van der Waals surface area contributed by atoms with Gasteiger partial charge in [-0.3, -0.25) is 5.10 Å². The molecule has 0 fully saturated rings. The van der Waals surface area contributed by atoms with Crippen LogP contribution in [0.1, 0.15) is 0 Å². The van der Waals surface area contributed by atoms with Gasteiger partial charge in [0.15, 0.2) is 5.82 Å². The summed E-state index contributed by atoms with van der Waals surface area (Å²) in [5.41, 5.74) is 2.64. The first-order valence-corrected chi connectivity index (χ1v) is 7.28. The Morgan fingerprint density at radius 1 is 0.857 bits per heavy atom. The number of nitrogens with one attached hydrogen (secondary N) is 2. The normalized spacial score (nSPS) is 10.6. The number of anilines is 2. The second-order valence-electron chi connectivity index (χ2n) is 4.42. The van der Waals surface area contributed by atoms with Gasteiger partial charge in [-0.05, 0) is 35.9 Å². The molecule has 0 bridgehead atoms. The first kappa shape index (κ1) is 14.3. The van der Waals surface area contributed by atoms with Gasteiger partial charge < -0.3 is 5.32 Å². The highest BCUT2D eigenvalue weighted by atomic mass is 35.5. The lowest BCUT2D eigenvalue weighted by atomic mass is 10.1. The van der Waals surface area contributed by atoms with Gasteiger partial charge >= 0.3 is 0 Å². The summed E-state index contributed by atoms with van der Waals surface area (Å²) in [6, 6.07) is 14.7. The van der Waals surface area contributed by atoms with E-state index < -0.39 is 0 Å². The molecule has 1 aromatic heterocycles. The van der Waals surface area contributed by atoms with Gasteiger partial charge in [0, 0.05) is 16.1 Å². The van der Waals surface area contributed by atoms with E-state index in [0.717, 1.165) is 16.9 Å². The van der Waals surface area contributed by atoms with Crippen LogP contribution in [-0.4, -0.2) is 10.2 Å². The van der Waals surface area contributed by atoms with E-state index in [2.05, 4.69) is 15.5 Å². The van der Waals surface area contributed by atoms with Gasteiger partial charge in [0.05, 0.1) is 16.4 Å². The summed E-state index contributed by atoms with van der Waals surface area (Å²) in [6.07, 6.45) is 0. The molecule has 0 aliphatic heterocycles. The Labute approximate surface area is 136 Å². The largest absolute Gasteiger partial charge is 0.338 e. The fourth-order valence-corrected chi connectivity index (χ4v) is 2.47. The van der Waals surface area contributed by atoms with Crippen LogP contribution in [0.2, 0.25) is 15.1 Å². The van der Waals surface area contributed by atoms with Gasteiger partial charge in [-0.2, -0.15) is 5.10 Å². The second kappa shape index (κ2) is 5.98. The predicted octanol–water partition coefficient (Wildman–Crippen LogP) is 5.78. The Balaban J connectivity index is 1.83. The molecule has 6 heteroatoms. The Kier molecular flexibility index (Phi) is 4.06. The summed E-state index contributed by atoms with van der Waals surface area (Å²) in [5, 5.41) is 12.2. The molecular formula is C15H10Cl3N3. The monoisotopic (exact) mass is 337 g/mol. The molecule has 0 saturated carbocycles. The van der Waals surface area contributed by atoms with Crippen molar-refractivity contribution in [2.24, 2.45) is 0 Å². The summed E-state index contributed by atoms with van der Waals surface area (Å²) < 4.78 is 0. The van der Waals surface area contributed by atoms with Crippen molar-refractivity contribution >= 4 is 46.3 Å². The third kappa shape index (κ3) is 3.32. The van der Waals surface area contributed by atoms with Gasteiger partial charge in [0.2, 0.25) is 0 Å². The van der Waals surface area contributed by atoms with Crippen LogP contribution in [0, 0.1) is 0 Å². The van der Waals surface area contributed by atoms with Crippen LogP contribution in [0.4, 0.5) is 11.5 Å². The highest BCUT2D eigenvalue weighted by molar-refractivity contribution is 6.36. The Hall–Kier alpha value is -1.68. The van der Waals surface area contributed by atoms with Crippen LogP contribution in [0.3, 0.4) is 0 Å². The molecule has 0 amide bonds. The molecule has 1 heterocycles. The minimum absolute atomic E-state index is 0.540. The Morgan fingerprint density at radius 3 is 2.29 bits per heavy atom. The molecule has 0 saturated heterocycles. The number of aromatic amines is 1. The van der Waals surface area contributed by atoms with E-state index in [0.29, 0.717) is 20.9 Å². The lowest BCUT2D eigenvalue weighted by Gasteiger charge is -2.05. The van der Waals surface area contributed by atoms with E-state index in [9.17, 15) is 0 Å². The molecule has 2 aromatic carbocycles. The third-order valence-electron chi connectivity index (χ3n) is 2.93. The fraction of sp³-hybridized carbons (Fsp3) is 0. The molecule has 2 N–H and O–H groups in total. The molecule has 0 spiro atoms. The van der Waals surface area contributed by atoms with Gasteiger partial charge in [-0.25, -0.2) is 0 Å². The lowest BCUT2D eigenvalue weighted by molar-refractivity contribution is 1.10. The van der Waals surface area contributed by atoms with Crippen molar-refractivity contribution in [3.8, 4) is 11.3 Å². The van der Waals surface area contributed by atoms with E-state index in [1.54, 1.807) is 18.2 Å². The summed E-state index contributed by atoms with van der Waals surface area (Å²) in [4.78, 5) is 0. The zero-order valence-corrected chi connectivity index (χ0v) is 13.0. The van der Waals surface area contributed by atoms with Crippen molar-refractivity contribution in [2.45, 2.75) is 0 Å². The maximum Gasteiger partial charge on any atom is 0.152 e. The maximum atomic E-state index is 6.12. The lowest BCUT2D eigenvalue weighted by Crippen LogP contribution is -1.91. The van der Waals surface area contributed by atoms with Gasteiger partial charge in [-0.1, -0.05) is 46.9 Å². The Morgan fingerprint density at radius 2 is 1.57 bits per heavy atom. The van der Waals surface area contributed by atoms with Crippen molar-refractivity contribution in [1.82, 2.24) is 10.2 Å². The molecule has 0 radical (unpaired) electrons. The number of H-pyrrole nitrogens is 1. The molecule has 0 unspecified atom stereocenters. The van der Waals surface area contributed by atoms with Crippen LogP contribution in [0.15, 0.2) is 48.5 Å². The van der Waals surface area contributed by atoms with Crippen LogP contribution in [0.25, 0.3) is 11.3 Å². The van der Waals surface area contributed by atoms with E-state index >= 15 is 0 Å². The molecule has 106 valence electrons. The number of hydrogen-bond acceptors (Lipinski definition) is 2. The number of hydrogen-bond donors (Lipinski definition) is 2. The summed E-state index contributed by atoms with van der Waals surface area (Å²) in [7, 11) is 0. The minimum atomic E-state index is 0.540. The first-order valence-electron chi connectivity index (χ1n) is 6.15. The van der Waals surface area contributed by atoms with E-state index in [-0.39, 0.29) is 0 Å². The topological polar surface area (TPSA) is 40.7 Å². The molecule has 3 aromatic rings. The van der Waals surface area contributed by atoms with Crippen LogP contribution >= 0.6 is 34.8 Å². The maximum absolute atomic E-state index is 6.12. The average Bonchev–Trinajstić information content (AvgIpc) is 2.91. The zero-order valence-electron chi connectivity index (χ0n) is 10.7. The SMILES string of the molecule is Clc1ccc(-c2cc(Nc3ccc(Cl)cc3Cl)n[nH]2)cc1. The smallest absolute Gasteiger partial charge is 0.152 e. The average molecular weight is 339 g/mol. The number of benzene rings is 2. The Bertz CT molecular complexity index is 766. The molecule has 3 nitrogen and oxygen atoms in total. The zero-order chi connectivity index (χ0) is 14.8. The summed E-state index contributed by atoms with van der Waals surface area (Å²) in [6.45, 7) is 0. The van der Waals surface area contributed by atoms with Crippen molar-refractivity contribution in [3.63, 3.8) is 0 Å². The first-order chi connectivity index (χ1) is 10.1. The number of halogens is 3. The highest BCUT2D eigenvalue weighted by Gasteiger charge is 2.06. The van der Waals surface area contributed by atoms with Crippen molar-refractivity contribution in [2.75, 3.05) is 5.32 Å². The van der Waals surface area contributed by atoms with Crippen molar-refractivity contribution in [1.29, 1.82) is 0 Å².